The second-order valence-corrected chi connectivity index (χ2v) is 3.84. The molecule has 0 spiro atoms. The zero-order valence-corrected chi connectivity index (χ0v) is 9.80. The quantitative estimate of drug-likeness (QED) is 0.508. The summed E-state index contributed by atoms with van der Waals surface area (Å²) in [5, 5.41) is 0. The Balaban J connectivity index is 2.67. The summed E-state index contributed by atoms with van der Waals surface area (Å²) in [5.74, 6) is 0. The molecule has 0 heterocycles. The Morgan fingerprint density at radius 2 is 2.06 bits per heavy atom. The topological polar surface area (TPSA) is 20.3 Å². The summed E-state index contributed by atoms with van der Waals surface area (Å²) in [6.45, 7) is 6.66. The average molecular weight is 217 g/mol. The molecule has 16 heavy (non-hydrogen) atoms. The summed E-state index contributed by atoms with van der Waals surface area (Å²) >= 11 is 0. The fraction of sp³-hybridized carbons (Fsp3) is 0.357. The molecule has 1 unspecified atom stereocenters. The van der Waals surface area contributed by atoms with Crippen LogP contribution in [0.1, 0.15) is 18.9 Å². The van der Waals surface area contributed by atoms with E-state index in [1.165, 1.54) is 5.56 Å². The molecular formula is C14H19NO. The summed E-state index contributed by atoms with van der Waals surface area (Å²) in [6, 6.07) is 10.3. The number of benzene rings is 1. The first kappa shape index (κ1) is 12.5. The van der Waals surface area contributed by atoms with Gasteiger partial charge in [-0.1, -0.05) is 43.3 Å². The lowest BCUT2D eigenvalue weighted by Gasteiger charge is -2.25. The number of carbonyl (C=O) groups excluding carboxylic acids is 1. The van der Waals surface area contributed by atoms with E-state index in [1.54, 1.807) is 4.90 Å². The van der Waals surface area contributed by atoms with Crippen LogP contribution < -0.4 is 0 Å². The third-order valence-corrected chi connectivity index (χ3v) is 2.60. The van der Waals surface area contributed by atoms with Crippen molar-refractivity contribution in [2.45, 2.75) is 25.8 Å². The molecule has 1 amide bonds. The summed E-state index contributed by atoms with van der Waals surface area (Å²) in [4.78, 5) is 12.8. The van der Waals surface area contributed by atoms with E-state index in [0.29, 0.717) is 0 Å². The third kappa shape index (κ3) is 3.54. The van der Waals surface area contributed by atoms with E-state index < -0.39 is 0 Å². The highest BCUT2D eigenvalue weighted by molar-refractivity contribution is 5.48. The zero-order chi connectivity index (χ0) is 11.8. The first-order valence-corrected chi connectivity index (χ1v) is 5.69. The highest BCUT2D eigenvalue weighted by Crippen LogP contribution is 2.09. The Bertz CT molecular complexity index is 321. The molecule has 86 valence electrons. The summed E-state index contributed by atoms with van der Waals surface area (Å²) < 4.78 is 0. The maximum absolute atomic E-state index is 11.0. The fourth-order valence-electron chi connectivity index (χ4n) is 1.75. The van der Waals surface area contributed by atoms with Crippen LogP contribution in [0, 0.1) is 0 Å². The standard InChI is InChI=1S/C14H19NO/c1-3-10-15(12-16)14(4-2)11-13-8-6-5-7-9-13/h4-9,12,14H,2-3,10-11H2,1H3. The van der Waals surface area contributed by atoms with Gasteiger partial charge in [-0.2, -0.15) is 0 Å². The van der Waals surface area contributed by atoms with Crippen LogP contribution in [0.25, 0.3) is 0 Å². The van der Waals surface area contributed by atoms with E-state index in [0.717, 1.165) is 25.8 Å². The average Bonchev–Trinajstić information content (AvgIpc) is 2.35. The smallest absolute Gasteiger partial charge is 0.210 e. The summed E-state index contributed by atoms with van der Waals surface area (Å²) in [7, 11) is 0. The van der Waals surface area contributed by atoms with Crippen molar-refractivity contribution in [1.82, 2.24) is 4.90 Å². The van der Waals surface area contributed by atoms with Crippen molar-refractivity contribution in [1.29, 1.82) is 0 Å². The van der Waals surface area contributed by atoms with Crippen LogP contribution in [0.3, 0.4) is 0 Å². The Kier molecular flexibility index (Phi) is 5.34. The van der Waals surface area contributed by atoms with E-state index in [-0.39, 0.29) is 6.04 Å². The summed E-state index contributed by atoms with van der Waals surface area (Å²) in [5.41, 5.74) is 1.23. The van der Waals surface area contributed by atoms with Crippen molar-refractivity contribution in [2.24, 2.45) is 0 Å². The Morgan fingerprint density at radius 3 is 2.56 bits per heavy atom. The van der Waals surface area contributed by atoms with Gasteiger partial charge in [-0.15, -0.1) is 6.58 Å². The van der Waals surface area contributed by atoms with Gasteiger partial charge in [0.1, 0.15) is 0 Å². The van der Waals surface area contributed by atoms with Gasteiger partial charge in [0.15, 0.2) is 0 Å². The number of carbonyl (C=O) groups is 1. The monoisotopic (exact) mass is 217 g/mol. The minimum atomic E-state index is 0.0971. The van der Waals surface area contributed by atoms with E-state index in [9.17, 15) is 4.79 Å². The summed E-state index contributed by atoms with van der Waals surface area (Å²) in [6.07, 6.45) is 4.57. The number of hydrogen-bond acceptors (Lipinski definition) is 1. The fourth-order valence-corrected chi connectivity index (χ4v) is 1.75. The molecule has 0 aliphatic rings. The molecule has 0 bridgehead atoms. The molecule has 0 saturated heterocycles. The Labute approximate surface area is 97.6 Å². The van der Waals surface area contributed by atoms with Crippen LogP contribution >= 0.6 is 0 Å². The lowest BCUT2D eigenvalue weighted by Crippen LogP contribution is -2.34. The predicted octanol–water partition coefficient (Wildman–Crippen LogP) is 2.65. The highest BCUT2D eigenvalue weighted by atomic mass is 16.1. The SMILES string of the molecule is C=CC(Cc1ccccc1)N(C=O)CCC. The van der Waals surface area contributed by atoms with Gasteiger partial charge in [0.05, 0.1) is 6.04 Å². The molecule has 1 rings (SSSR count). The minimum Gasteiger partial charge on any atom is -0.339 e. The molecule has 0 fully saturated rings. The third-order valence-electron chi connectivity index (χ3n) is 2.60. The van der Waals surface area contributed by atoms with Crippen LogP contribution in [0.2, 0.25) is 0 Å². The molecule has 0 radical (unpaired) electrons. The second-order valence-electron chi connectivity index (χ2n) is 3.84. The number of amides is 1. The number of hydrogen-bond donors (Lipinski definition) is 0. The lowest BCUT2D eigenvalue weighted by atomic mass is 10.0. The molecule has 0 aliphatic heterocycles. The van der Waals surface area contributed by atoms with Gasteiger partial charge in [-0.05, 0) is 18.4 Å². The van der Waals surface area contributed by atoms with Crippen molar-refractivity contribution in [2.75, 3.05) is 6.54 Å². The van der Waals surface area contributed by atoms with E-state index in [1.807, 2.05) is 24.3 Å². The number of rotatable bonds is 7. The van der Waals surface area contributed by atoms with Crippen molar-refractivity contribution in [3.8, 4) is 0 Å². The van der Waals surface area contributed by atoms with Crippen LogP contribution in [-0.2, 0) is 11.2 Å². The minimum absolute atomic E-state index is 0.0971. The van der Waals surface area contributed by atoms with Gasteiger partial charge >= 0.3 is 0 Å². The van der Waals surface area contributed by atoms with Crippen LogP contribution in [0.15, 0.2) is 43.0 Å². The molecule has 0 N–H and O–H groups in total. The second kappa shape index (κ2) is 6.83. The normalized spacial score (nSPS) is 11.8. The van der Waals surface area contributed by atoms with Crippen molar-refractivity contribution in [3.63, 3.8) is 0 Å². The van der Waals surface area contributed by atoms with Gasteiger partial charge in [0.2, 0.25) is 6.41 Å². The molecular weight excluding hydrogens is 198 g/mol. The van der Waals surface area contributed by atoms with Crippen molar-refractivity contribution >= 4 is 6.41 Å². The van der Waals surface area contributed by atoms with Crippen molar-refractivity contribution < 1.29 is 4.79 Å². The molecule has 0 aromatic heterocycles. The van der Waals surface area contributed by atoms with Crippen LogP contribution in [0.4, 0.5) is 0 Å². The Morgan fingerprint density at radius 1 is 1.38 bits per heavy atom. The first-order valence-electron chi connectivity index (χ1n) is 5.69. The molecule has 1 atom stereocenters. The molecule has 1 aromatic carbocycles. The van der Waals surface area contributed by atoms with E-state index in [2.05, 4.69) is 25.6 Å². The van der Waals surface area contributed by atoms with E-state index >= 15 is 0 Å². The lowest BCUT2D eigenvalue weighted by molar-refractivity contribution is -0.119. The molecule has 0 aliphatic carbocycles. The molecule has 2 nitrogen and oxygen atoms in total. The number of nitrogens with zero attached hydrogens (tertiary/aromatic N) is 1. The van der Waals surface area contributed by atoms with Gasteiger partial charge in [-0.25, -0.2) is 0 Å². The van der Waals surface area contributed by atoms with Gasteiger partial charge < -0.3 is 4.90 Å². The van der Waals surface area contributed by atoms with Gasteiger partial charge in [0.25, 0.3) is 0 Å². The van der Waals surface area contributed by atoms with Crippen LogP contribution in [0.5, 0.6) is 0 Å². The molecule has 1 aromatic rings. The molecule has 0 saturated carbocycles. The maximum Gasteiger partial charge on any atom is 0.210 e. The largest absolute Gasteiger partial charge is 0.339 e. The molecule has 2 heteroatoms. The van der Waals surface area contributed by atoms with Crippen molar-refractivity contribution in [3.05, 3.63) is 48.6 Å². The van der Waals surface area contributed by atoms with E-state index in [4.69, 9.17) is 0 Å². The predicted molar refractivity (Wildman–Crippen MR) is 67.2 cm³/mol. The Hall–Kier alpha value is -1.57. The zero-order valence-electron chi connectivity index (χ0n) is 9.80. The first-order chi connectivity index (χ1) is 7.81. The van der Waals surface area contributed by atoms with Crippen LogP contribution in [-0.4, -0.2) is 23.9 Å². The van der Waals surface area contributed by atoms with Gasteiger partial charge in [0, 0.05) is 6.54 Å². The van der Waals surface area contributed by atoms with Gasteiger partial charge in [-0.3, -0.25) is 4.79 Å². The maximum atomic E-state index is 11.0. The highest BCUT2D eigenvalue weighted by Gasteiger charge is 2.12.